The van der Waals surface area contributed by atoms with Gasteiger partial charge in [-0.3, -0.25) is 0 Å². The Labute approximate surface area is 367 Å². The van der Waals surface area contributed by atoms with Crippen LogP contribution in [0.25, 0.3) is 121 Å². The van der Waals surface area contributed by atoms with Crippen LogP contribution in [0, 0.1) is 0 Å². The monoisotopic (exact) mass is 744 g/mol. The summed E-state index contributed by atoms with van der Waals surface area (Å²) in [6, 6.07) is -31.0. The van der Waals surface area contributed by atoms with Gasteiger partial charge in [-0.1, -0.05) is 151 Å². The first-order valence-electron chi connectivity index (χ1n) is 32.6. The molecule has 0 fully saturated rings. The van der Waals surface area contributed by atoms with Gasteiger partial charge in [0.05, 0.1) is 43.9 Å². The molecule has 2 aromatic heterocycles. The van der Waals surface area contributed by atoms with Gasteiger partial charge >= 0.3 is 0 Å². The predicted octanol–water partition coefficient (Wildman–Crippen LogP) is 15.6. The van der Waals surface area contributed by atoms with Crippen molar-refractivity contribution in [3.63, 3.8) is 0 Å². The normalized spacial score (nSPS) is 19.9. The average molecular weight is 745 g/mol. The van der Waals surface area contributed by atoms with Crippen molar-refractivity contribution in [2.75, 3.05) is 0 Å². The first kappa shape index (κ1) is 13.1. The molecule has 0 saturated heterocycles. The van der Waals surface area contributed by atoms with Gasteiger partial charge in [-0.2, -0.15) is 0 Å². The number of furan rings is 2. The molecule has 0 amide bonds. The highest BCUT2D eigenvalue weighted by Crippen LogP contribution is 2.47. The van der Waals surface area contributed by atoms with Gasteiger partial charge in [0, 0.05) is 21.5 Å². The van der Waals surface area contributed by atoms with Crippen LogP contribution in [0.4, 0.5) is 0 Å². The van der Waals surface area contributed by atoms with Crippen LogP contribution in [0.5, 0.6) is 0 Å². The summed E-state index contributed by atoms with van der Waals surface area (Å²) in [5, 5.41) is -6.17. The molecule has 10 aromatic carbocycles. The third kappa shape index (κ3) is 4.63. The molecule has 0 bridgehead atoms. The molecule has 260 valence electrons. The maximum absolute atomic E-state index is 9.91. The van der Waals surface area contributed by atoms with E-state index in [-0.39, 0.29) is 16.2 Å². The van der Waals surface area contributed by atoms with E-state index in [2.05, 4.69) is 0 Å². The second kappa shape index (κ2) is 12.0. The molecular weight excluding hydrogens is 681 g/mol. The number of hydrogen-bond donors (Lipinski definition) is 0. The highest BCUT2D eigenvalue weighted by atomic mass is 16.3. The highest BCUT2D eigenvalue weighted by molar-refractivity contribution is 6.26. The van der Waals surface area contributed by atoms with E-state index in [1.807, 2.05) is 0 Å². The minimum absolute atomic E-state index is 0.230. The minimum atomic E-state index is -1.14. The molecule has 0 unspecified atom stereocenters. The zero-order valence-electron chi connectivity index (χ0n) is 59.8. The van der Waals surface area contributed by atoms with Crippen molar-refractivity contribution in [3.8, 4) is 44.5 Å². The van der Waals surface area contributed by atoms with Crippen LogP contribution in [-0.2, 0) is 0 Å². The number of rotatable bonds is 4. The average Bonchev–Trinajstić information content (AvgIpc) is 0.940. The molecule has 0 saturated carbocycles. The molecule has 12 rings (SSSR count). The van der Waals surface area contributed by atoms with E-state index < -0.39 is 298 Å². The fourth-order valence-corrected chi connectivity index (χ4v) is 6.93. The molecule has 0 spiro atoms. The third-order valence-electron chi connectivity index (χ3n) is 9.27. The lowest BCUT2D eigenvalue weighted by Crippen LogP contribution is -1.92. The number of benzene rings is 10. The summed E-state index contributed by atoms with van der Waals surface area (Å²) in [5.41, 5.74) is -8.76. The number of para-hydroxylation sites is 1. The van der Waals surface area contributed by atoms with Crippen LogP contribution in [-0.4, -0.2) is 0 Å². The van der Waals surface area contributed by atoms with E-state index in [4.69, 9.17) is 32.1 Å². The molecule has 12 aromatic rings. The predicted molar refractivity (Wildman–Crippen MR) is 235 cm³/mol. The van der Waals surface area contributed by atoms with E-state index >= 15 is 0 Å². The van der Waals surface area contributed by atoms with Crippen molar-refractivity contribution in [2.45, 2.75) is 0 Å². The van der Waals surface area contributed by atoms with Gasteiger partial charge in [0.15, 0.2) is 0 Å². The fourth-order valence-electron chi connectivity index (χ4n) is 6.93. The second-order valence-electron chi connectivity index (χ2n) is 12.3. The maximum Gasteiger partial charge on any atom is 0.136 e. The minimum Gasteiger partial charge on any atom is -0.456 e. The van der Waals surface area contributed by atoms with Crippen LogP contribution in [0.1, 0.15) is 43.9 Å². The van der Waals surface area contributed by atoms with Crippen molar-refractivity contribution in [3.05, 3.63) is 193 Å². The van der Waals surface area contributed by atoms with Crippen LogP contribution in [0.2, 0.25) is 0 Å². The molecule has 56 heavy (non-hydrogen) atoms. The standard InChI is InChI=1S/C54H32O2/c1-2-12-33(13-3-1)39-14-4-5-15-40(39)52-43-18-8-6-16-41(43)51(42-17-7-9-19-44(42)52)38-25-24-34-30-35(22-23-36(34)31-38)37-26-27-46-50(32-37)56-49-29-28-48-53(54(46)49)45-20-10-11-21-47(45)55-48/h1-32H/i1D,2D,3D,4D,5D,6D,7D,8D,9D,10D,11D,12D,13D,14D,15D,16D,17D,18D,19D,20D,21D,22D,23D,24D,25D,26D,27D,28D,29D,30D,31D,32D. The van der Waals surface area contributed by atoms with Gasteiger partial charge in [-0.15, -0.1) is 0 Å². The first-order valence-corrected chi connectivity index (χ1v) is 16.6. The molecule has 0 aliphatic carbocycles. The molecule has 0 aliphatic heterocycles. The Hall–Kier alpha value is -7.42. The van der Waals surface area contributed by atoms with E-state index in [0.29, 0.717) is 0 Å². The Morgan fingerprint density at radius 3 is 1.46 bits per heavy atom. The topological polar surface area (TPSA) is 26.3 Å². The van der Waals surface area contributed by atoms with Crippen molar-refractivity contribution in [1.82, 2.24) is 0 Å². The summed E-state index contributed by atoms with van der Waals surface area (Å²) in [7, 11) is 0. The summed E-state index contributed by atoms with van der Waals surface area (Å²) >= 11 is 0. The van der Waals surface area contributed by atoms with Crippen molar-refractivity contribution in [2.24, 2.45) is 0 Å². The van der Waals surface area contributed by atoms with Gasteiger partial charge in [0.1, 0.15) is 22.3 Å². The summed E-state index contributed by atoms with van der Waals surface area (Å²) in [6.45, 7) is 0. The van der Waals surface area contributed by atoms with E-state index in [1.165, 1.54) is 0 Å². The molecular formula is C54H32O2. The lowest BCUT2D eigenvalue weighted by molar-refractivity contribution is 0.663. The van der Waals surface area contributed by atoms with E-state index in [1.54, 1.807) is 0 Å². The van der Waals surface area contributed by atoms with E-state index in [9.17, 15) is 20.6 Å². The molecule has 2 heterocycles. The lowest BCUT2D eigenvalue weighted by atomic mass is 9.83. The van der Waals surface area contributed by atoms with E-state index in [0.717, 1.165) is 0 Å². The Kier molecular flexibility index (Phi) is 2.82. The van der Waals surface area contributed by atoms with Gasteiger partial charge < -0.3 is 8.83 Å². The molecule has 0 N–H and O–H groups in total. The highest BCUT2D eigenvalue weighted by Gasteiger charge is 2.20. The fraction of sp³-hybridized carbons (Fsp3) is 0. The molecule has 0 atom stereocenters. The van der Waals surface area contributed by atoms with Crippen LogP contribution in [0.3, 0.4) is 0 Å². The summed E-state index contributed by atoms with van der Waals surface area (Å²) in [4.78, 5) is 0. The molecule has 2 heteroatoms. The summed E-state index contributed by atoms with van der Waals surface area (Å²) in [6.07, 6.45) is 0. The summed E-state index contributed by atoms with van der Waals surface area (Å²) in [5.74, 6) is 0. The maximum atomic E-state index is 9.91. The Bertz CT molecular complexity index is 5300. The van der Waals surface area contributed by atoms with Crippen molar-refractivity contribution >= 4 is 76.2 Å². The van der Waals surface area contributed by atoms with Crippen LogP contribution >= 0.6 is 0 Å². The lowest BCUT2D eigenvalue weighted by Gasteiger charge is -2.20. The smallest absolute Gasteiger partial charge is 0.136 e. The zero-order valence-corrected chi connectivity index (χ0v) is 27.8. The van der Waals surface area contributed by atoms with Gasteiger partial charge in [-0.25, -0.2) is 0 Å². The first-order chi connectivity index (χ1) is 41.1. The van der Waals surface area contributed by atoms with Crippen molar-refractivity contribution in [1.29, 1.82) is 0 Å². The zero-order chi connectivity index (χ0) is 64.6. The van der Waals surface area contributed by atoms with Crippen molar-refractivity contribution < 1.29 is 52.7 Å². The number of fused-ring (bicyclic) bond motifs is 10. The molecule has 0 radical (unpaired) electrons. The Morgan fingerprint density at radius 2 is 0.768 bits per heavy atom. The van der Waals surface area contributed by atoms with Gasteiger partial charge in [-0.05, 0) is 119 Å². The van der Waals surface area contributed by atoms with Crippen LogP contribution < -0.4 is 0 Å². The largest absolute Gasteiger partial charge is 0.456 e. The Morgan fingerprint density at radius 1 is 0.286 bits per heavy atom. The van der Waals surface area contributed by atoms with Crippen LogP contribution in [0.15, 0.2) is 202 Å². The second-order valence-corrected chi connectivity index (χ2v) is 12.3. The summed E-state index contributed by atoms with van der Waals surface area (Å²) < 4.78 is 303. The molecule has 2 nitrogen and oxygen atoms in total. The third-order valence-corrected chi connectivity index (χ3v) is 9.27. The van der Waals surface area contributed by atoms with Gasteiger partial charge in [0.25, 0.3) is 0 Å². The SMILES string of the molecule is [2H]c1c([2H])c([2H])c(-c2c([2H])c([2H])c([2H])c([2H])c2-c2c3c([2H])c([2H])c([2H])c([2H])c3c(-c3c([2H])c([2H])c4c([2H])c(-c5c([2H])c([2H])c6c(oc7c([2H])c([2H])c8oc9c([2H])c([2H])c([2H])c([2H])c9c8c76)c5[2H])c([2H])c([2H])c4c3[2H])c3c([2H])c([2H])c([2H])c([2H])c23)c([2H])c1[2H]. The molecule has 0 aliphatic rings. The number of hydrogen-bond acceptors (Lipinski definition) is 2. The van der Waals surface area contributed by atoms with Gasteiger partial charge in [0.2, 0.25) is 0 Å². The quantitative estimate of drug-likeness (QED) is 0.168. The Balaban J connectivity index is 1.23.